The van der Waals surface area contributed by atoms with Gasteiger partial charge < -0.3 is 15.8 Å². The van der Waals surface area contributed by atoms with Gasteiger partial charge >= 0.3 is 0 Å². The van der Waals surface area contributed by atoms with Gasteiger partial charge in [-0.05, 0) is 17.7 Å². The van der Waals surface area contributed by atoms with Crippen LogP contribution in [0.4, 0.5) is 0 Å². The van der Waals surface area contributed by atoms with Gasteiger partial charge in [-0.1, -0.05) is 12.1 Å². The van der Waals surface area contributed by atoms with Crippen molar-refractivity contribution in [3.63, 3.8) is 0 Å². The van der Waals surface area contributed by atoms with E-state index in [1.807, 2.05) is 18.2 Å². The summed E-state index contributed by atoms with van der Waals surface area (Å²) in [6.07, 6.45) is 0. The van der Waals surface area contributed by atoms with Crippen LogP contribution in [-0.2, 0) is 0 Å². The molecular formula is C11H15N3O. The minimum atomic E-state index is 0.382. The third-order valence-electron chi connectivity index (χ3n) is 2.58. The molecule has 2 rings (SSSR count). The molecule has 4 heteroatoms. The quantitative estimate of drug-likeness (QED) is 0.747. The molecule has 1 heterocycles. The van der Waals surface area contributed by atoms with Crippen molar-refractivity contribution >= 4 is 5.96 Å². The first-order valence-corrected chi connectivity index (χ1v) is 4.97. The number of guanidine groups is 1. The average Bonchev–Trinajstić information content (AvgIpc) is 2.30. The second-order valence-electron chi connectivity index (χ2n) is 3.58. The first-order valence-electron chi connectivity index (χ1n) is 4.97. The number of hydrogen-bond acceptors (Lipinski definition) is 4. The maximum atomic E-state index is 5.55. The van der Waals surface area contributed by atoms with Gasteiger partial charge in [0.05, 0.1) is 13.7 Å². The number of methoxy groups -OCH3 is 1. The molecule has 0 fully saturated rings. The summed E-state index contributed by atoms with van der Waals surface area (Å²) < 4.78 is 5.19. The van der Waals surface area contributed by atoms with E-state index in [4.69, 9.17) is 10.5 Å². The molecule has 0 aromatic heterocycles. The van der Waals surface area contributed by atoms with E-state index < -0.39 is 0 Å². The van der Waals surface area contributed by atoms with Crippen LogP contribution < -0.4 is 15.8 Å². The SMILES string of the molecule is COc1cccc(C2CN=C(N)NC2)c1. The molecule has 1 atom stereocenters. The molecule has 0 spiro atoms. The van der Waals surface area contributed by atoms with E-state index in [-0.39, 0.29) is 0 Å². The second kappa shape index (κ2) is 4.21. The maximum Gasteiger partial charge on any atom is 0.188 e. The van der Waals surface area contributed by atoms with Crippen molar-refractivity contribution in [2.75, 3.05) is 20.2 Å². The molecule has 0 amide bonds. The zero-order chi connectivity index (χ0) is 10.7. The molecule has 4 nitrogen and oxygen atoms in total. The van der Waals surface area contributed by atoms with Gasteiger partial charge in [-0.25, -0.2) is 0 Å². The number of aliphatic imine (C=N–C) groups is 1. The largest absolute Gasteiger partial charge is 0.497 e. The number of benzene rings is 1. The van der Waals surface area contributed by atoms with Crippen molar-refractivity contribution in [2.45, 2.75) is 5.92 Å². The second-order valence-corrected chi connectivity index (χ2v) is 3.58. The van der Waals surface area contributed by atoms with Crippen molar-refractivity contribution in [2.24, 2.45) is 10.7 Å². The number of ether oxygens (including phenoxy) is 1. The van der Waals surface area contributed by atoms with Gasteiger partial charge in [0.1, 0.15) is 5.75 Å². The van der Waals surface area contributed by atoms with Crippen molar-refractivity contribution < 1.29 is 4.74 Å². The Labute approximate surface area is 89.1 Å². The zero-order valence-corrected chi connectivity index (χ0v) is 8.73. The van der Waals surface area contributed by atoms with Crippen LogP contribution in [0.15, 0.2) is 29.3 Å². The van der Waals surface area contributed by atoms with E-state index in [1.54, 1.807) is 7.11 Å². The summed E-state index contributed by atoms with van der Waals surface area (Å²) in [5, 5.41) is 3.05. The molecular weight excluding hydrogens is 190 g/mol. The Morgan fingerprint density at radius 3 is 3.07 bits per heavy atom. The summed E-state index contributed by atoms with van der Waals surface area (Å²) >= 11 is 0. The fourth-order valence-electron chi connectivity index (χ4n) is 1.68. The molecule has 0 saturated heterocycles. The summed E-state index contributed by atoms with van der Waals surface area (Å²) in [6.45, 7) is 1.58. The predicted octanol–water partition coefficient (Wildman–Crippen LogP) is 0.697. The van der Waals surface area contributed by atoms with E-state index in [2.05, 4.69) is 16.4 Å². The van der Waals surface area contributed by atoms with Crippen LogP contribution in [0.2, 0.25) is 0 Å². The molecule has 0 saturated carbocycles. The van der Waals surface area contributed by atoms with E-state index >= 15 is 0 Å². The molecule has 80 valence electrons. The van der Waals surface area contributed by atoms with Gasteiger partial charge in [-0.15, -0.1) is 0 Å². The third kappa shape index (κ3) is 2.21. The Morgan fingerprint density at radius 2 is 2.40 bits per heavy atom. The van der Waals surface area contributed by atoms with E-state index in [0.29, 0.717) is 11.9 Å². The van der Waals surface area contributed by atoms with Crippen molar-refractivity contribution in [1.29, 1.82) is 0 Å². The van der Waals surface area contributed by atoms with E-state index in [1.165, 1.54) is 5.56 Å². The van der Waals surface area contributed by atoms with Gasteiger partial charge in [0, 0.05) is 12.5 Å². The van der Waals surface area contributed by atoms with Gasteiger partial charge in [-0.2, -0.15) is 0 Å². The zero-order valence-electron chi connectivity index (χ0n) is 8.73. The highest BCUT2D eigenvalue weighted by atomic mass is 16.5. The number of hydrogen-bond donors (Lipinski definition) is 2. The third-order valence-corrected chi connectivity index (χ3v) is 2.58. The Hall–Kier alpha value is -1.71. The van der Waals surface area contributed by atoms with Crippen molar-refractivity contribution in [3.05, 3.63) is 29.8 Å². The van der Waals surface area contributed by atoms with Crippen LogP contribution in [0.25, 0.3) is 0 Å². The lowest BCUT2D eigenvalue weighted by molar-refractivity contribution is 0.413. The van der Waals surface area contributed by atoms with Gasteiger partial charge in [0.25, 0.3) is 0 Å². The number of nitrogens with two attached hydrogens (primary N) is 1. The summed E-state index contributed by atoms with van der Waals surface area (Å²) in [5.74, 6) is 1.80. The molecule has 1 aromatic carbocycles. The van der Waals surface area contributed by atoms with E-state index in [0.717, 1.165) is 18.8 Å². The van der Waals surface area contributed by atoms with Gasteiger partial charge in [-0.3, -0.25) is 4.99 Å². The molecule has 1 unspecified atom stereocenters. The molecule has 1 aliphatic rings. The molecule has 0 aliphatic carbocycles. The van der Waals surface area contributed by atoms with Crippen LogP contribution in [-0.4, -0.2) is 26.2 Å². The fraction of sp³-hybridized carbons (Fsp3) is 0.364. The molecule has 3 N–H and O–H groups in total. The minimum Gasteiger partial charge on any atom is -0.497 e. The lowest BCUT2D eigenvalue weighted by atomic mass is 9.98. The highest BCUT2D eigenvalue weighted by Crippen LogP contribution is 2.21. The number of nitrogens with one attached hydrogen (secondary N) is 1. The first kappa shape index (κ1) is 9.83. The predicted molar refractivity (Wildman–Crippen MR) is 60.2 cm³/mol. The molecule has 0 bridgehead atoms. The van der Waals surface area contributed by atoms with Crippen LogP contribution in [0, 0.1) is 0 Å². The Balaban J connectivity index is 2.16. The Bertz CT molecular complexity index is 376. The standard InChI is InChI=1S/C11H15N3O/c1-15-10-4-2-3-8(5-10)9-6-13-11(12)14-7-9/h2-5,9H,6-7H2,1H3,(H3,12,13,14). The molecule has 1 aromatic rings. The van der Waals surface area contributed by atoms with Crippen LogP contribution in [0.5, 0.6) is 5.75 Å². The summed E-state index contributed by atoms with van der Waals surface area (Å²) in [4.78, 5) is 4.19. The summed E-state index contributed by atoms with van der Waals surface area (Å²) in [5.41, 5.74) is 6.78. The van der Waals surface area contributed by atoms with Crippen molar-refractivity contribution in [1.82, 2.24) is 5.32 Å². The first-order chi connectivity index (χ1) is 7.29. The molecule has 1 aliphatic heterocycles. The normalized spacial score (nSPS) is 20.3. The lowest BCUT2D eigenvalue weighted by Crippen LogP contribution is -2.39. The van der Waals surface area contributed by atoms with Crippen LogP contribution in [0.3, 0.4) is 0 Å². The molecule has 15 heavy (non-hydrogen) atoms. The summed E-state index contributed by atoms with van der Waals surface area (Å²) in [7, 11) is 1.67. The molecule has 0 radical (unpaired) electrons. The highest BCUT2D eigenvalue weighted by molar-refractivity contribution is 5.78. The van der Waals surface area contributed by atoms with Crippen LogP contribution in [0.1, 0.15) is 11.5 Å². The van der Waals surface area contributed by atoms with E-state index in [9.17, 15) is 0 Å². The van der Waals surface area contributed by atoms with Crippen molar-refractivity contribution in [3.8, 4) is 5.75 Å². The summed E-state index contributed by atoms with van der Waals surface area (Å²) in [6, 6.07) is 8.07. The number of nitrogens with zero attached hydrogens (tertiary/aromatic N) is 1. The van der Waals surface area contributed by atoms with Gasteiger partial charge in [0.2, 0.25) is 0 Å². The average molecular weight is 205 g/mol. The fourth-order valence-corrected chi connectivity index (χ4v) is 1.68. The Kier molecular flexibility index (Phi) is 2.76. The monoisotopic (exact) mass is 205 g/mol. The van der Waals surface area contributed by atoms with Crippen LogP contribution >= 0.6 is 0 Å². The smallest absolute Gasteiger partial charge is 0.188 e. The minimum absolute atomic E-state index is 0.382. The lowest BCUT2D eigenvalue weighted by Gasteiger charge is -2.21. The van der Waals surface area contributed by atoms with Gasteiger partial charge in [0.15, 0.2) is 5.96 Å². The number of rotatable bonds is 2. The Morgan fingerprint density at radius 1 is 1.53 bits per heavy atom. The maximum absolute atomic E-state index is 5.55. The topological polar surface area (TPSA) is 59.6 Å². The highest BCUT2D eigenvalue weighted by Gasteiger charge is 2.15.